The van der Waals surface area contributed by atoms with E-state index in [1.54, 1.807) is 0 Å². The second kappa shape index (κ2) is 6.36. The van der Waals surface area contributed by atoms with E-state index < -0.39 is 25.2 Å². The monoisotopic (exact) mass is 322 g/mol. The summed E-state index contributed by atoms with van der Waals surface area (Å²) < 4.78 is 13.0. The molecule has 20 heavy (non-hydrogen) atoms. The summed E-state index contributed by atoms with van der Waals surface area (Å²) in [5.41, 5.74) is 3.84. The molecule has 0 amide bonds. The van der Waals surface area contributed by atoms with Gasteiger partial charge in [-0.25, -0.2) is 0 Å². The summed E-state index contributed by atoms with van der Waals surface area (Å²) in [7, 11) is -6.30. The van der Waals surface area contributed by atoms with Crippen LogP contribution in [0.4, 0.5) is 0 Å². The van der Waals surface area contributed by atoms with Gasteiger partial charge in [-0.2, -0.15) is 0 Å². The lowest BCUT2D eigenvalue weighted by Crippen LogP contribution is -2.60. The number of hydrogen-bond acceptors (Lipinski definition) is 2. The first-order valence-electron chi connectivity index (χ1n) is 6.87. The van der Waals surface area contributed by atoms with Crippen LogP contribution in [-0.2, 0) is 8.23 Å². The van der Waals surface area contributed by atoms with Gasteiger partial charge in [0, 0.05) is 0 Å². The summed E-state index contributed by atoms with van der Waals surface area (Å²) in [5, 5.41) is 1.17. The van der Waals surface area contributed by atoms with Gasteiger partial charge < -0.3 is 8.23 Å². The van der Waals surface area contributed by atoms with E-state index in [0.29, 0.717) is 0 Å². The van der Waals surface area contributed by atoms with Crippen molar-refractivity contribution in [1.29, 1.82) is 0 Å². The second-order valence-electron chi connectivity index (χ2n) is 6.22. The molecule has 1 atom stereocenters. The number of benzene rings is 1. The first-order chi connectivity index (χ1) is 9.14. The van der Waals surface area contributed by atoms with Gasteiger partial charge in [0.15, 0.2) is 8.32 Å². The third-order valence-electron chi connectivity index (χ3n) is 3.02. The van der Waals surface area contributed by atoms with E-state index in [4.69, 9.17) is 8.23 Å². The molecule has 0 saturated carbocycles. The van der Waals surface area contributed by atoms with Crippen LogP contribution in [-0.4, -0.2) is 25.2 Å². The predicted molar refractivity (Wildman–Crippen MR) is 95.2 cm³/mol. The van der Waals surface area contributed by atoms with Crippen LogP contribution in [0.2, 0.25) is 32.7 Å². The summed E-state index contributed by atoms with van der Waals surface area (Å²) in [5.74, 6) is 0. The Labute approximate surface area is 126 Å². The van der Waals surface area contributed by atoms with Crippen LogP contribution in [0.15, 0.2) is 54.9 Å². The van der Waals surface area contributed by atoms with E-state index in [1.807, 2.05) is 29.6 Å². The highest BCUT2D eigenvalue weighted by Crippen LogP contribution is 2.21. The van der Waals surface area contributed by atoms with Crippen molar-refractivity contribution in [1.82, 2.24) is 0 Å². The van der Waals surface area contributed by atoms with Crippen LogP contribution in [0.3, 0.4) is 0 Å². The van der Waals surface area contributed by atoms with Gasteiger partial charge in [-0.1, -0.05) is 41.7 Å². The maximum Gasteiger partial charge on any atom is 0.349 e. The molecule has 1 aromatic rings. The molecule has 0 saturated heterocycles. The Balaban J connectivity index is 3.21. The molecule has 110 valence electrons. The van der Waals surface area contributed by atoms with Crippen molar-refractivity contribution in [3.05, 3.63) is 54.9 Å². The quantitative estimate of drug-likeness (QED) is 0.710. The third kappa shape index (κ3) is 4.68. The van der Waals surface area contributed by atoms with Crippen molar-refractivity contribution in [2.45, 2.75) is 32.7 Å². The fourth-order valence-corrected chi connectivity index (χ4v) is 13.2. The lowest BCUT2D eigenvalue weighted by atomic mass is 10.4. The molecule has 0 aliphatic rings. The first kappa shape index (κ1) is 17.3. The van der Waals surface area contributed by atoms with Crippen molar-refractivity contribution in [3.8, 4) is 0 Å². The van der Waals surface area contributed by atoms with Gasteiger partial charge in [0.1, 0.15) is 0 Å². The van der Waals surface area contributed by atoms with Crippen LogP contribution >= 0.6 is 0 Å². The van der Waals surface area contributed by atoms with Gasteiger partial charge >= 0.3 is 8.56 Å². The molecule has 0 fully saturated rings. The Morgan fingerprint density at radius 3 is 1.75 bits per heavy atom. The molecule has 1 aromatic carbocycles. The lowest BCUT2D eigenvalue weighted by Gasteiger charge is -2.39. The average molecular weight is 323 g/mol. The molecule has 0 aliphatic carbocycles. The van der Waals surface area contributed by atoms with E-state index in [9.17, 15) is 0 Å². The molecular weight excluding hydrogens is 296 g/mol. The topological polar surface area (TPSA) is 18.5 Å². The van der Waals surface area contributed by atoms with Crippen molar-refractivity contribution < 1.29 is 8.23 Å². The minimum absolute atomic E-state index is 1.17. The summed E-state index contributed by atoms with van der Waals surface area (Å²) in [6, 6.07) is 10.3. The van der Waals surface area contributed by atoms with E-state index in [0.717, 1.165) is 0 Å². The summed E-state index contributed by atoms with van der Waals surface area (Å²) in [6.07, 6.45) is 0. The largest absolute Gasteiger partial charge is 0.433 e. The Kier molecular flexibility index (Phi) is 5.51. The Hall–Kier alpha value is -0.729. The zero-order valence-electron chi connectivity index (χ0n) is 13.3. The van der Waals surface area contributed by atoms with Crippen LogP contribution < -0.4 is 5.19 Å². The molecule has 0 aliphatic heterocycles. The van der Waals surface area contributed by atoms with Gasteiger partial charge in [0.05, 0.1) is 0 Å². The zero-order chi connectivity index (χ0) is 15.4. The van der Waals surface area contributed by atoms with E-state index in [1.165, 1.54) is 5.19 Å². The van der Waals surface area contributed by atoms with Crippen LogP contribution in [0, 0.1) is 0 Å². The molecule has 5 heteroatoms. The standard InChI is InChI=1S/C15H26O2Si3/c1-8-19(6,9-2)17-20(7,16-18(3,4)5)15-13-11-10-12-14-15/h8-14H,1-2H2,3-7H3. The van der Waals surface area contributed by atoms with Crippen molar-refractivity contribution >= 4 is 30.4 Å². The molecule has 0 aromatic heterocycles. The van der Waals surface area contributed by atoms with Crippen LogP contribution in [0.1, 0.15) is 0 Å². The molecule has 1 rings (SSSR count). The summed E-state index contributed by atoms with van der Waals surface area (Å²) in [6.45, 7) is 18.7. The van der Waals surface area contributed by atoms with E-state index in [-0.39, 0.29) is 0 Å². The van der Waals surface area contributed by atoms with Gasteiger partial charge in [-0.05, 0) is 37.9 Å². The molecule has 0 spiro atoms. The van der Waals surface area contributed by atoms with Crippen LogP contribution in [0.25, 0.3) is 0 Å². The first-order valence-corrected chi connectivity index (χ1v) is 15.2. The summed E-state index contributed by atoms with van der Waals surface area (Å²) >= 11 is 0. The molecule has 1 unspecified atom stereocenters. The summed E-state index contributed by atoms with van der Waals surface area (Å²) in [4.78, 5) is 0. The highest BCUT2D eigenvalue weighted by Gasteiger charge is 2.43. The predicted octanol–water partition coefficient (Wildman–Crippen LogP) is 3.86. The van der Waals surface area contributed by atoms with Crippen molar-refractivity contribution in [2.75, 3.05) is 0 Å². The number of hydrogen-bond donors (Lipinski definition) is 0. The van der Waals surface area contributed by atoms with Gasteiger partial charge in [0.25, 0.3) is 0 Å². The minimum atomic E-state index is -2.46. The fourth-order valence-electron chi connectivity index (χ4n) is 2.05. The highest BCUT2D eigenvalue weighted by molar-refractivity contribution is 6.97. The third-order valence-corrected chi connectivity index (χ3v) is 13.4. The Bertz CT molecular complexity index is 460. The highest BCUT2D eigenvalue weighted by atomic mass is 28.5. The number of rotatable bonds is 7. The van der Waals surface area contributed by atoms with E-state index in [2.05, 4.69) is 58.0 Å². The average Bonchev–Trinajstić information content (AvgIpc) is 2.37. The normalized spacial score (nSPS) is 15.4. The Morgan fingerprint density at radius 2 is 1.35 bits per heavy atom. The van der Waals surface area contributed by atoms with E-state index >= 15 is 0 Å². The SMILES string of the molecule is C=C[Si](C)(C=C)O[Si](C)(O[Si](C)(C)C)c1ccccc1. The zero-order valence-corrected chi connectivity index (χ0v) is 16.3. The molecular formula is C15H26O2Si3. The second-order valence-corrected chi connectivity index (χ2v) is 17.7. The van der Waals surface area contributed by atoms with Crippen molar-refractivity contribution in [3.63, 3.8) is 0 Å². The minimum Gasteiger partial charge on any atom is -0.433 e. The lowest BCUT2D eigenvalue weighted by molar-refractivity contribution is 0.409. The molecule has 0 N–H and O–H groups in total. The Morgan fingerprint density at radius 1 is 0.850 bits per heavy atom. The smallest absolute Gasteiger partial charge is 0.349 e. The van der Waals surface area contributed by atoms with Gasteiger partial charge in [-0.15, -0.1) is 13.2 Å². The molecule has 2 nitrogen and oxygen atoms in total. The van der Waals surface area contributed by atoms with Crippen molar-refractivity contribution in [2.24, 2.45) is 0 Å². The molecule has 0 bridgehead atoms. The van der Waals surface area contributed by atoms with Gasteiger partial charge in [0.2, 0.25) is 8.32 Å². The van der Waals surface area contributed by atoms with Crippen LogP contribution in [0.5, 0.6) is 0 Å². The molecule has 0 radical (unpaired) electrons. The molecule has 0 heterocycles. The maximum atomic E-state index is 6.54. The van der Waals surface area contributed by atoms with Gasteiger partial charge in [-0.3, -0.25) is 0 Å². The fraction of sp³-hybridized carbons (Fsp3) is 0.333. The maximum absolute atomic E-state index is 6.54.